The molecule has 0 aliphatic heterocycles. The fourth-order valence-electron chi connectivity index (χ4n) is 1.95. The summed E-state index contributed by atoms with van der Waals surface area (Å²) in [5, 5.41) is 0. The summed E-state index contributed by atoms with van der Waals surface area (Å²) in [6.45, 7) is 2.60. The number of benzene rings is 2. The van der Waals surface area contributed by atoms with E-state index < -0.39 is 0 Å². The highest BCUT2D eigenvalue weighted by Gasteiger charge is 2.16. The summed E-state index contributed by atoms with van der Waals surface area (Å²) in [6, 6.07) is 13.7. The average molecular weight is 385 g/mol. The third-order valence-corrected chi connectivity index (χ3v) is 4.03. The number of rotatable bonds is 4. The minimum atomic E-state index is -0.217. The van der Waals surface area contributed by atoms with Crippen LogP contribution >= 0.6 is 31.9 Å². The Morgan fingerprint density at radius 1 is 1.11 bits per heavy atom. The summed E-state index contributed by atoms with van der Waals surface area (Å²) in [4.78, 5) is 0. The van der Waals surface area contributed by atoms with Crippen molar-refractivity contribution in [2.75, 3.05) is 6.61 Å². The molecule has 0 heterocycles. The van der Waals surface area contributed by atoms with Crippen molar-refractivity contribution in [3.05, 3.63) is 62.5 Å². The first-order valence-corrected chi connectivity index (χ1v) is 7.64. The highest BCUT2D eigenvalue weighted by atomic mass is 79.9. The van der Waals surface area contributed by atoms with Gasteiger partial charge in [-0.05, 0) is 30.7 Å². The summed E-state index contributed by atoms with van der Waals surface area (Å²) < 4.78 is 7.65. The fourth-order valence-corrected chi connectivity index (χ4v) is 3.24. The molecule has 4 heteroatoms. The van der Waals surface area contributed by atoms with Gasteiger partial charge < -0.3 is 10.5 Å². The molecule has 2 nitrogen and oxygen atoms in total. The second-order valence-electron chi connectivity index (χ2n) is 4.11. The molecule has 2 aromatic carbocycles. The van der Waals surface area contributed by atoms with Gasteiger partial charge in [0.05, 0.1) is 12.6 Å². The molecule has 2 rings (SSSR count). The van der Waals surface area contributed by atoms with E-state index in [2.05, 4.69) is 31.9 Å². The first kappa shape index (κ1) is 14.6. The lowest BCUT2D eigenvalue weighted by Crippen LogP contribution is -2.14. The van der Waals surface area contributed by atoms with Crippen LogP contribution in [0, 0.1) is 0 Å². The lowest BCUT2D eigenvalue weighted by molar-refractivity contribution is 0.335. The quantitative estimate of drug-likeness (QED) is 0.831. The van der Waals surface area contributed by atoms with Crippen LogP contribution in [0.5, 0.6) is 5.75 Å². The second-order valence-corrected chi connectivity index (χ2v) is 5.88. The Morgan fingerprint density at radius 2 is 1.84 bits per heavy atom. The maximum Gasteiger partial charge on any atom is 0.124 e. The van der Waals surface area contributed by atoms with Crippen molar-refractivity contribution in [1.82, 2.24) is 0 Å². The monoisotopic (exact) mass is 383 g/mol. The Morgan fingerprint density at radius 3 is 2.53 bits per heavy atom. The molecule has 0 aliphatic carbocycles. The maximum absolute atomic E-state index is 6.37. The molecule has 0 saturated carbocycles. The molecule has 0 saturated heterocycles. The Balaban J connectivity index is 2.41. The first-order chi connectivity index (χ1) is 9.13. The van der Waals surface area contributed by atoms with Crippen LogP contribution in [-0.2, 0) is 0 Å². The predicted molar refractivity (Wildman–Crippen MR) is 85.5 cm³/mol. The summed E-state index contributed by atoms with van der Waals surface area (Å²) in [7, 11) is 0. The molecule has 0 amide bonds. The van der Waals surface area contributed by atoms with Crippen LogP contribution in [0.2, 0.25) is 0 Å². The van der Waals surface area contributed by atoms with Crippen molar-refractivity contribution >= 4 is 31.9 Å². The Bertz CT molecular complexity index is 572. The summed E-state index contributed by atoms with van der Waals surface area (Å²) >= 11 is 7.00. The number of nitrogens with two attached hydrogens (primary N) is 1. The second kappa shape index (κ2) is 6.55. The van der Waals surface area contributed by atoms with Gasteiger partial charge in [-0.15, -0.1) is 0 Å². The molecule has 0 fully saturated rings. The summed E-state index contributed by atoms with van der Waals surface area (Å²) in [5.41, 5.74) is 8.40. The molecule has 0 spiro atoms. The third kappa shape index (κ3) is 3.38. The molecule has 1 atom stereocenters. The number of halogens is 2. The van der Waals surface area contributed by atoms with Gasteiger partial charge in [0.15, 0.2) is 0 Å². The molecule has 0 aliphatic rings. The molecule has 100 valence electrons. The van der Waals surface area contributed by atoms with Crippen molar-refractivity contribution in [3.8, 4) is 5.75 Å². The van der Waals surface area contributed by atoms with Crippen LogP contribution in [0.25, 0.3) is 0 Å². The zero-order valence-electron chi connectivity index (χ0n) is 10.6. The van der Waals surface area contributed by atoms with E-state index in [9.17, 15) is 0 Å². The van der Waals surface area contributed by atoms with E-state index >= 15 is 0 Å². The van der Waals surface area contributed by atoms with Gasteiger partial charge in [-0.3, -0.25) is 0 Å². The zero-order chi connectivity index (χ0) is 13.8. The van der Waals surface area contributed by atoms with Crippen LogP contribution in [0.1, 0.15) is 24.1 Å². The zero-order valence-corrected chi connectivity index (χ0v) is 13.7. The molecule has 1 unspecified atom stereocenters. The number of hydrogen-bond donors (Lipinski definition) is 1. The topological polar surface area (TPSA) is 35.2 Å². The normalized spacial score (nSPS) is 12.2. The predicted octanol–water partition coefficient (Wildman–Crippen LogP) is 4.66. The van der Waals surface area contributed by atoms with Crippen molar-refractivity contribution in [2.24, 2.45) is 5.73 Å². The minimum absolute atomic E-state index is 0.217. The molecule has 0 radical (unpaired) electrons. The van der Waals surface area contributed by atoms with E-state index in [0.29, 0.717) is 6.61 Å². The standard InChI is InChI=1S/C15H15Br2NO/c1-2-19-14-6-4-3-5-12(14)15(18)11-8-7-10(16)9-13(11)17/h3-9,15H,2,18H2,1H3. The van der Waals surface area contributed by atoms with E-state index in [-0.39, 0.29) is 6.04 Å². The Labute approximate surface area is 130 Å². The lowest BCUT2D eigenvalue weighted by Gasteiger charge is -2.18. The average Bonchev–Trinajstić information content (AvgIpc) is 2.39. The summed E-state index contributed by atoms with van der Waals surface area (Å²) in [5.74, 6) is 0.840. The van der Waals surface area contributed by atoms with Gasteiger partial charge in [0.2, 0.25) is 0 Å². The molecule has 0 aromatic heterocycles. The van der Waals surface area contributed by atoms with Crippen LogP contribution < -0.4 is 10.5 Å². The maximum atomic E-state index is 6.37. The van der Waals surface area contributed by atoms with Gasteiger partial charge in [-0.25, -0.2) is 0 Å². The molecule has 0 bridgehead atoms. The van der Waals surface area contributed by atoms with Crippen LogP contribution in [0.3, 0.4) is 0 Å². The van der Waals surface area contributed by atoms with Crippen LogP contribution in [-0.4, -0.2) is 6.61 Å². The van der Waals surface area contributed by atoms with Gasteiger partial charge >= 0.3 is 0 Å². The molecule has 2 N–H and O–H groups in total. The van der Waals surface area contributed by atoms with E-state index in [4.69, 9.17) is 10.5 Å². The molecule has 19 heavy (non-hydrogen) atoms. The van der Waals surface area contributed by atoms with Crippen molar-refractivity contribution in [2.45, 2.75) is 13.0 Å². The van der Waals surface area contributed by atoms with Gasteiger partial charge in [-0.2, -0.15) is 0 Å². The lowest BCUT2D eigenvalue weighted by atomic mass is 9.99. The smallest absolute Gasteiger partial charge is 0.124 e. The first-order valence-electron chi connectivity index (χ1n) is 6.05. The van der Waals surface area contributed by atoms with Gasteiger partial charge in [-0.1, -0.05) is 56.1 Å². The van der Waals surface area contributed by atoms with E-state index in [1.54, 1.807) is 0 Å². The van der Waals surface area contributed by atoms with Crippen molar-refractivity contribution in [3.63, 3.8) is 0 Å². The number of hydrogen-bond acceptors (Lipinski definition) is 2. The third-order valence-electron chi connectivity index (χ3n) is 2.85. The molecule has 2 aromatic rings. The van der Waals surface area contributed by atoms with Gasteiger partial charge in [0.1, 0.15) is 5.75 Å². The van der Waals surface area contributed by atoms with Crippen LogP contribution in [0.15, 0.2) is 51.4 Å². The van der Waals surface area contributed by atoms with Crippen molar-refractivity contribution in [1.29, 1.82) is 0 Å². The highest BCUT2D eigenvalue weighted by molar-refractivity contribution is 9.11. The fraction of sp³-hybridized carbons (Fsp3) is 0.200. The van der Waals surface area contributed by atoms with Gasteiger partial charge in [0.25, 0.3) is 0 Å². The molecular weight excluding hydrogens is 370 g/mol. The van der Waals surface area contributed by atoms with Crippen LogP contribution in [0.4, 0.5) is 0 Å². The van der Waals surface area contributed by atoms with Crippen molar-refractivity contribution < 1.29 is 4.74 Å². The Hall–Kier alpha value is -0.840. The number of para-hydroxylation sites is 1. The minimum Gasteiger partial charge on any atom is -0.494 e. The van der Waals surface area contributed by atoms with E-state index in [0.717, 1.165) is 25.8 Å². The largest absolute Gasteiger partial charge is 0.494 e. The number of ether oxygens (including phenoxy) is 1. The van der Waals surface area contributed by atoms with E-state index in [1.807, 2.05) is 49.4 Å². The van der Waals surface area contributed by atoms with Gasteiger partial charge in [0, 0.05) is 14.5 Å². The summed E-state index contributed by atoms with van der Waals surface area (Å²) in [6.07, 6.45) is 0. The van der Waals surface area contributed by atoms with E-state index in [1.165, 1.54) is 0 Å². The highest BCUT2D eigenvalue weighted by Crippen LogP contribution is 2.33. The molecular formula is C15H15Br2NO. The Kier molecular flexibility index (Phi) is 5.02. The SMILES string of the molecule is CCOc1ccccc1C(N)c1ccc(Br)cc1Br.